The highest BCUT2D eigenvalue weighted by atomic mass is 16.6. The molecule has 2 heterocycles. The van der Waals surface area contributed by atoms with Crippen molar-refractivity contribution in [3.8, 4) is 5.69 Å². The maximum Gasteiger partial charge on any atom is 0.278 e. The average Bonchev–Trinajstić information content (AvgIpc) is 2.94. The number of aromatic amines is 1. The van der Waals surface area contributed by atoms with Gasteiger partial charge in [-0.25, -0.2) is 0 Å². The number of nitrogen functional groups attached to an aromatic ring is 1. The number of non-ortho nitro benzene ring substituents is 1. The van der Waals surface area contributed by atoms with E-state index in [2.05, 4.69) is 4.98 Å². The number of anilines is 1. The lowest BCUT2D eigenvalue weighted by Crippen LogP contribution is -2.21. The molecule has 0 aliphatic rings. The standard InChI is InChI=1S/C17H12N4O3/c18-13-9-15-16(12-3-1-2-4-14(12)19-15)20(17(13)22)10-5-7-11(8-6-10)21(23)24/h1-9,19H,18H2. The van der Waals surface area contributed by atoms with Crippen LogP contribution in [0.5, 0.6) is 0 Å². The number of nitrogens with zero attached hydrogens (tertiary/aromatic N) is 2. The van der Waals surface area contributed by atoms with Crippen molar-refractivity contribution >= 4 is 33.3 Å². The first-order chi connectivity index (χ1) is 11.6. The van der Waals surface area contributed by atoms with E-state index < -0.39 is 4.92 Å². The van der Waals surface area contributed by atoms with Crippen LogP contribution < -0.4 is 11.3 Å². The zero-order chi connectivity index (χ0) is 16.8. The normalized spacial score (nSPS) is 11.2. The zero-order valence-electron chi connectivity index (χ0n) is 12.4. The number of nitro groups is 1. The van der Waals surface area contributed by atoms with Gasteiger partial charge in [0.05, 0.1) is 16.0 Å². The van der Waals surface area contributed by atoms with Gasteiger partial charge in [-0.3, -0.25) is 19.5 Å². The van der Waals surface area contributed by atoms with Gasteiger partial charge in [0, 0.05) is 28.7 Å². The lowest BCUT2D eigenvalue weighted by Gasteiger charge is -2.09. The summed E-state index contributed by atoms with van der Waals surface area (Å²) in [6.45, 7) is 0. The zero-order valence-corrected chi connectivity index (χ0v) is 12.4. The van der Waals surface area contributed by atoms with Gasteiger partial charge >= 0.3 is 0 Å². The molecule has 24 heavy (non-hydrogen) atoms. The van der Waals surface area contributed by atoms with Crippen molar-refractivity contribution < 1.29 is 4.92 Å². The van der Waals surface area contributed by atoms with Crippen molar-refractivity contribution in [2.24, 2.45) is 0 Å². The summed E-state index contributed by atoms with van der Waals surface area (Å²) in [6.07, 6.45) is 0. The van der Waals surface area contributed by atoms with Gasteiger partial charge in [-0.1, -0.05) is 18.2 Å². The second-order valence-electron chi connectivity index (χ2n) is 5.45. The van der Waals surface area contributed by atoms with Gasteiger partial charge in [-0.15, -0.1) is 0 Å². The van der Waals surface area contributed by atoms with Crippen LogP contribution in [0.25, 0.3) is 27.6 Å². The molecule has 0 spiro atoms. The molecule has 0 atom stereocenters. The molecule has 2 aromatic heterocycles. The molecule has 118 valence electrons. The molecule has 0 bridgehead atoms. The number of fused-ring (bicyclic) bond motifs is 3. The fourth-order valence-electron chi connectivity index (χ4n) is 2.91. The molecule has 7 nitrogen and oxygen atoms in total. The molecule has 2 aromatic carbocycles. The maximum atomic E-state index is 12.6. The molecule has 0 amide bonds. The summed E-state index contributed by atoms with van der Waals surface area (Å²) < 4.78 is 1.48. The molecule has 3 N–H and O–H groups in total. The Hall–Kier alpha value is -3.61. The molecule has 0 unspecified atom stereocenters. The lowest BCUT2D eigenvalue weighted by molar-refractivity contribution is -0.384. The van der Waals surface area contributed by atoms with Gasteiger partial charge < -0.3 is 10.7 Å². The number of para-hydroxylation sites is 1. The second-order valence-corrected chi connectivity index (χ2v) is 5.45. The minimum absolute atomic E-state index is 0.0362. The van der Waals surface area contributed by atoms with Crippen LogP contribution in [0.2, 0.25) is 0 Å². The predicted molar refractivity (Wildman–Crippen MR) is 92.5 cm³/mol. The molecular weight excluding hydrogens is 308 g/mol. The smallest absolute Gasteiger partial charge is 0.278 e. The van der Waals surface area contributed by atoms with Crippen LogP contribution in [0.15, 0.2) is 59.4 Å². The molecule has 0 saturated carbocycles. The summed E-state index contributed by atoms with van der Waals surface area (Å²) in [4.78, 5) is 26.2. The Bertz CT molecular complexity index is 1160. The fraction of sp³-hybridized carbons (Fsp3) is 0. The number of nitrogens with two attached hydrogens (primary N) is 1. The van der Waals surface area contributed by atoms with Gasteiger partial charge in [-0.05, 0) is 24.3 Å². The van der Waals surface area contributed by atoms with E-state index in [1.54, 1.807) is 18.2 Å². The number of pyridine rings is 1. The van der Waals surface area contributed by atoms with Gasteiger partial charge in [0.2, 0.25) is 0 Å². The number of rotatable bonds is 2. The van der Waals surface area contributed by atoms with E-state index in [4.69, 9.17) is 5.73 Å². The number of hydrogen-bond donors (Lipinski definition) is 2. The highest BCUT2D eigenvalue weighted by Crippen LogP contribution is 2.27. The van der Waals surface area contributed by atoms with E-state index in [-0.39, 0.29) is 16.9 Å². The van der Waals surface area contributed by atoms with Crippen molar-refractivity contribution in [3.05, 3.63) is 75.1 Å². The van der Waals surface area contributed by atoms with Crippen LogP contribution in [0.3, 0.4) is 0 Å². The number of aromatic nitrogens is 2. The van der Waals surface area contributed by atoms with Crippen LogP contribution in [-0.2, 0) is 0 Å². The van der Waals surface area contributed by atoms with Crippen molar-refractivity contribution in [1.82, 2.24) is 9.55 Å². The third kappa shape index (κ3) is 1.95. The predicted octanol–water partition coefficient (Wildman–Crippen LogP) is 2.96. The average molecular weight is 320 g/mol. The number of hydrogen-bond acceptors (Lipinski definition) is 4. The summed E-state index contributed by atoms with van der Waals surface area (Å²) in [5.74, 6) is 0. The van der Waals surface area contributed by atoms with Crippen LogP contribution in [0, 0.1) is 10.1 Å². The van der Waals surface area contributed by atoms with Gasteiger partial charge in [0.25, 0.3) is 11.2 Å². The Morgan fingerprint density at radius 2 is 1.75 bits per heavy atom. The lowest BCUT2D eigenvalue weighted by atomic mass is 10.2. The highest BCUT2D eigenvalue weighted by molar-refractivity contribution is 6.06. The van der Waals surface area contributed by atoms with Crippen LogP contribution in [-0.4, -0.2) is 14.5 Å². The Kier molecular flexibility index (Phi) is 2.89. The quantitative estimate of drug-likeness (QED) is 0.437. The molecule has 0 aliphatic heterocycles. The van der Waals surface area contributed by atoms with Crippen molar-refractivity contribution in [1.29, 1.82) is 0 Å². The van der Waals surface area contributed by atoms with E-state index in [1.165, 1.54) is 16.7 Å². The first kappa shape index (κ1) is 14.0. The van der Waals surface area contributed by atoms with Crippen molar-refractivity contribution in [2.45, 2.75) is 0 Å². The SMILES string of the molecule is Nc1cc2[nH]c3ccccc3c2n(-c2ccc([N+](=O)[O-])cc2)c1=O. The minimum Gasteiger partial charge on any atom is -0.394 e. The molecule has 7 heteroatoms. The molecule has 0 radical (unpaired) electrons. The van der Waals surface area contributed by atoms with Crippen LogP contribution in [0.1, 0.15) is 0 Å². The summed E-state index contributed by atoms with van der Waals surface area (Å²) in [5, 5.41) is 11.7. The number of nitrogens with one attached hydrogen (secondary N) is 1. The summed E-state index contributed by atoms with van der Waals surface area (Å²) >= 11 is 0. The Morgan fingerprint density at radius 1 is 1.04 bits per heavy atom. The third-order valence-corrected chi connectivity index (χ3v) is 4.00. The molecular formula is C17H12N4O3. The number of H-pyrrole nitrogens is 1. The van der Waals surface area contributed by atoms with E-state index >= 15 is 0 Å². The molecule has 0 fully saturated rings. The topological polar surface area (TPSA) is 107 Å². The first-order valence-electron chi connectivity index (χ1n) is 7.23. The number of nitro benzene ring substituents is 1. The van der Waals surface area contributed by atoms with Crippen LogP contribution in [0.4, 0.5) is 11.4 Å². The van der Waals surface area contributed by atoms with Crippen LogP contribution >= 0.6 is 0 Å². The fourth-order valence-corrected chi connectivity index (χ4v) is 2.91. The maximum absolute atomic E-state index is 12.6. The second kappa shape index (κ2) is 4.95. The monoisotopic (exact) mass is 320 g/mol. The molecule has 4 rings (SSSR count). The van der Waals surface area contributed by atoms with E-state index in [1.807, 2.05) is 24.3 Å². The minimum atomic E-state index is -0.479. The van der Waals surface area contributed by atoms with Crippen molar-refractivity contribution in [3.63, 3.8) is 0 Å². The summed E-state index contributed by atoms with van der Waals surface area (Å²) in [6, 6.07) is 15.0. The van der Waals surface area contributed by atoms with Gasteiger partial charge in [-0.2, -0.15) is 0 Å². The van der Waals surface area contributed by atoms with E-state index in [0.29, 0.717) is 11.2 Å². The summed E-state index contributed by atoms with van der Waals surface area (Å²) in [7, 11) is 0. The molecule has 0 aliphatic carbocycles. The third-order valence-electron chi connectivity index (χ3n) is 4.00. The largest absolute Gasteiger partial charge is 0.394 e. The Balaban J connectivity index is 2.11. The highest BCUT2D eigenvalue weighted by Gasteiger charge is 2.15. The molecule has 0 saturated heterocycles. The van der Waals surface area contributed by atoms with Gasteiger partial charge in [0.15, 0.2) is 0 Å². The van der Waals surface area contributed by atoms with E-state index in [0.717, 1.165) is 16.4 Å². The molecule has 4 aromatic rings. The van der Waals surface area contributed by atoms with Crippen molar-refractivity contribution in [2.75, 3.05) is 5.73 Å². The van der Waals surface area contributed by atoms with Gasteiger partial charge in [0.1, 0.15) is 5.69 Å². The number of benzene rings is 2. The first-order valence-corrected chi connectivity index (χ1v) is 7.23. The summed E-state index contributed by atoms with van der Waals surface area (Å²) in [5.41, 5.74) is 8.40. The van der Waals surface area contributed by atoms with E-state index in [9.17, 15) is 14.9 Å². The Morgan fingerprint density at radius 3 is 2.46 bits per heavy atom. The Labute approximate surface area is 135 Å².